The van der Waals surface area contributed by atoms with Crippen molar-refractivity contribution in [1.29, 1.82) is 0 Å². The molecule has 1 aliphatic rings. The van der Waals surface area contributed by atoms with Crippen LogP contribution in [-0.2, 0) is 11.2 Å². The molecule has 0 radical (unpaired) electrons. The molecule has 2 rings (SSSR count). The second-order valence-corrected chi connectivity index (χ2v) is 5.01. The van der Waals surface area contributed by atoms with E-state index in [0.717, 1.165) is 30.3 Å². The summed E-state index contributed by atoms with van der Waals surface area (Å²) in [6, 6.07) is 0. The van der Waals surface area contributed by atoms with Gasteiger partial charge in [-0.05, 0) is 19.1 Å². The Labute approximate surface area is 94.0 Å². The van der Waals surface area contributed by atoms with Crippen LogP contribution in [0.2, 0.25) is 0 Å². The summed E-state index contributed by atoms with van der Waals surface area (Å²) < 4.78 is 5.34. The topological polar surface area (TPSA) is 64.9 Å². The van der Waals surface area contributed by atoms with Crippen LogP contribution in [0.1, 0.15) is 37.4 Å². The Balaban J connectivity index is 2.19. The smallest absolute Gasteiger partial charge is 0.234 e. The molecule has 0 spiro atoms. The van der Waals surface area contributed by atoms with Crippen LogP contribution in [-0.4, -0.2) is 22.9 Å². The average Bonchev–Trinajstić information content (AvgIpc) is 2.86. The fourth-order valence-electron chi connectivity index (χ4n) is 2.21. The van der Waals surface area contributed by atoms with E-state index in [4.69, 9.17) is 10.3 Å². The second kappa shape index (κ2) is 4.53. The van der Waals surface area contributed by atoms with Gasteiger partial charge < -0.3 is 10.3 Å². The summed E-state index contributed by atoms with van der Waals surface area (Å²) in [4.78, 5) is 4.45. The average molecular weight is 227 g/mol. The molecule has 84 valence electrons. The summed E-state index contributed by atoms with van der Waals surface area (Å²) in [6.45, 7) is 0.619. The van der Waals surface area contributed by atoms with Gasteiger partial charge in [0.2, 0.25) is 5.89 Å². The first kappa shape index (κ1) is 11.0. The Bertz CT molecular complexity index is 320. The fourth-order valence-corrected chi connectivity index (χ4v) is 2.59. The maximum Gasteiger partial charge on any atom is 0.234 e. The Morgan fingerprint density at radius 3 is 2.80 bits per heavy atom. The second-order valence-electron chi connectivity index (χ2n) is 4.14. The van der Waals surface area contributed by atoms with Gasteiger partial charge in [0, 0.05) is 6.54 Å². The summed E-state index contributed by atoms with van der Waals surface area (Å²) in [5.41, 5.74) is 5.83. The molecular formula is C10H17N3OS. The van der Waals surface area contributed by atoms with Crippen molar-refractivity contribution in [2.24, 2.45) is 5.73 Å². The van der Waals surface area contributed by atoms with Crippen molar-refractivity contribution in [1.82, 2.24) is 10.1 Å². The highest BCUT2D eigenvalue weighted by Gasteiger charge is 2.39. The molecule has 0 amide bonds. The molecular weight excluding hydrogens is 210 g/mol. The molecule has 0 bridgehead atoms. The Morgan fingerprint density at radius 2 is 2.20 bits per heavy atom. The molecule has 5 heteroatoms. The normalized spacial score (nSPS) is 19.6. The van der Waals surface area contributed by atoms with E-state index >= 15 is 0 Å². The zero-order chi connectivity index (χ0) is 10.7. The fraction of sp³-hybridized carbons (Fsp3) is 0.800. The Hall–Kier alpha value is -0.550. The number of rotatable bonds is 4. The van der Waals surface area contributed by atoms with Gasteiger partial charge in [-0.25, -0.2) is 0 Å². The van der Waals surface area contributed by atoms with Gasteiger partial charge in [-0.1, -0.05) is 18.0 Å². The van der Waals surface area contributed by atoms with Crippen LogP contribution in [0.3, 0.4) is 0 Å². The lowest BCUT2D eigenvalue weighted by molar-refractivity contribution is 0.283. The van der Waals surface area contributed by atoms with E-state index in [1.165, 1.54) is 12.8 Å². The van der Waals surface area contributed by atoms with Crippen LogP contribution in [0.25, 0.3) is 0 Å². The summed E-state index contributed by atoms with van der Waals surface area (Å²) >= 11 is 1.70. The van der Waals surface area contributed by atoms with Crippen molar-refractivity contribution in [2.75, 3.05) is 12.8 Å². The maximum atomic E-state index is 5.85. The van der Waals surface area contributed by atoms with Gasteiger partial charge in [-0.2, -0.15) is 16.7 Å². The van der Waals surface area contributed by atoms with Gasteiger partial charge in [-0.3, -0.25) is 0 Å². The van der Waals surface area contributed by atoms with Crippen LogP contribution < -0.4 is 5.73 Å². The predicted molar refractivity (Wildman–Crippen MR) is 60.7 cm³/mol. The molecule has 4 nitrogen and oxygen atoms in total. The molecule has 0 aliphatic heterocycles. The van der Waals surface area contributed by atoms with E-state index in [1.54, 1.807) is 11.8 Å². The van der Waals surface area contributed by atoms with E-state index in [0.29, 0.717) is 6.54 Å². The van der Waals surface area contributed by atoms with Crippen LogP contribution in [0.4, 0.5) is 0 Å². The van der Waals surface area contributed by atoms with E-state index in [2.05, 4.69) is 10.1 Å². The minimum atomic E-state index is -0.0241. The van der Waals surface area contributed by atoms with Gasteiger partial charge >= 0.3 is 0 Å². The van der Waals surface area contributed by atoms with Gasteiger partial charge in [0.15, 0.2) is 5.82 Å². The number of hydrogen-bond acceptors (Lipinski definition) is 5. The minimum absolute atomic E-state index is 0.0241. The van der Waals surface area contributed by atoms with Crippen molar-refractivity contribution in [2.45, 2.75) is 36.9 Å². The first-order valence-corrected chi connectivity index (χ1v) is 6.72. The lowest BCUT2D eigenvalue weighted by atomic mass is 9.86. The maximum absolute atomic E-state index is 5.85. The molecule has 0 saturated heterocycles. The highest BCUT2D eigenvalue weighted by Crippen LogP contribution is 2.39. The first-order chi connectivity index (χ1) is 7.30. The zero-order valence-electron chi connectivity index (χ0n) is 9.03. The minimum Gasteiger partial charge on any atom is -0.339 e. The quantitative estimate of drug-likeness (QED) is 0.848. The molecule has 1 aromatic rings. The third-order valence-electron chi connectivity index (χ3n) is 3.15. The molecule has 0 unspecified atom stereocenters. The van der Waals surface area contributed by atoms with Gasteiger partial charge in [0.25, 0.3) is 0 Å². The number of nitrogens with zero attached hydrogens (tertiary/aromatic N) is 2. The molecule has 1 aliphatic carbocycles. The molecule has 1 saturated carbocycles. The van der Waals surface area contributed by atoms with Gasteiger partial charge in [0.1, 0.15) is 0 Å². The molecule has 2 N–H and O–H groups in total. The van der Waals surface area contributed by atoms with Gasteiger partial charge in [-0.15, -0.1) is 0 Å². The third kappa shape index (κ3) is 2.03. The molecule has 1 aromatic heterocycles. The summed E-state index contributed by atoms with van der Waals surface area (Å²) in [5.74, 6) is 2.35. The van der Waals surface area contributed by atoms with E-state index in [1.807, 2.05) is 6.26 Å². The van der Waals surface area contributed by atoms with Crippen LogP contribution in [0.5, 0.6) is 0 Å². The van der Waals surface area contributed by atoms with Crippen molar-refractivity contribution < 1.29 is 4.52 Å². The van der Waals surface area contributed by atoms with Gasteiger partial charge in [0.05, 0.1) is 11.2 Å². The van der Waals surface area contributed by atoms with Crippen LogP contribution >= 0.6 is 11.8 Å². The highest BCUT2D eigenvalue weighted by molar-refractivity contribution is 7.97. The monoisotopic (exact) mass is 227 g/mol. The summed E-state index contributed by atoms with van der Waals surface area (Å²) in [7, 11) is 0. The number of thioether (sulfide) groups is 1. The summed E-state index contributed by atoms with van der Waals surface area (Å²) in [5, 5.41) is 3.98. The first-order valence-electron chi connectivity index (χ1n) is 5.33. The predicted octanol–water partition coefficient (Wildman–Crippen LogP) is 1.70. The molecule has 0 aromatic carbocycles. The lowest BCUT2D eigenvalue weighted by Gasteiger charge is -2.21. The molecule has 1 heterocycles. The standard InChI is InChI=1S/C10H17N3OS/c1-15-6-8-12-9(14-13-8)10(7-11)4-2-3-5-10/h2-7,11H2,1H3. The van der Waals surface area contributed by atoms with Crippen LogP contribution in [0, 0.1) is 0 Å². The van der Waals surface area contributed by atoms with E-state index < -0.39 is 0 Å². The van der Waals surface area contributed by atoms with Crippen molar-refractivity contribution in [3.05, 3.63) is 11.7 Å². The van der Waals surface area contributed by atoms with Crippen molar-refractivity contribution in [3.63, 3.8) is 0 Å². The number of nitrogens with two attached hydrogens (primary N) is 1. The SMILES string of the molecule is CSCc1noc(C2(CN)CCCC2)n1. The Morgan fingerprint density at radius 1 is 1.47 bits per heavy atom. The van der Waals surface area contributed by atoms with Crippen LogP contribution in [0.15, 0.2) is 4.52 Å². The lowest BCUT2D eigenvalue weighted by Crippen LogP contribution is -2.32. The van der Waals surface area contributed by atoms with E-state index in [-0.39, 0.29) is 5.41 Å². The Kier molecular flexibility index (Phi) is 3.31. The van der Waals surface area contributed by atoms with Crippen molar-refractivity contribution in [3.8, 4) is 0 Å². The molecule has 15 heavy (non-hydrogen) atoms. The van der Waals surface area contributed by atoms with E-state index in [9.17, 15) is 0 Å². The van der Waals surface area contributed by atoms with Crippen molar-refractivity contribution >= 4 is 11.8 Å². The molecule has 0 atom stereocenters. The zero-order valence-corrected chi connectivity index (χ0v) is 9.85. The number of hydrogen-bond donors (Lipinski definition) is 1. The highest BCUT2D eigenvalue weighted by atomic mass is 32.2. The largest absolute Gasteiger partial charge is 0.339 e. The third-order valence-corrected chi connectivity index (χ3v) is 3.69. The summed E-state index contributed by atoms with van der Waals surface area (Å²) in [6.07, 6.45) is 6.65. The number of aromatic nitrogens is 2. The molecule has 1 fully saturated rings.